The van der Waals surface area contributed by atoms with E-state index < -0.39 is 15.0 Å². The molecule has 1 aromatic rings. The summed E-state index contributed by atoms with van der Waals surface area (Å²) in [6.45, 7) is 1.11. The summed E-state index contributed by atoms with van der Waals surface area (Å²) in [6, 6.07) is 4.14. The van der Waals surface area contributed by atoms with E-state index in [0.29, 0.717) is 30.5 Å². The summed E-state index contributed by atoms with van der Waals surface area (Å²) in [5.74, 6) is -0.564. The van der Waals surface area contributed by atoms with Crippen LogP contribution in [0.15, 0.2) is 27.6 Å². The van der Waals surface area contributed by atoms with Crippen molar-refractivity contribution >= 4 is 41.6 Å². The third-order valence-corrected chi connectivity index (χ3v) is 5.19. The van der Waals surface area contributed by atoms with Crippen LogP contribution >= 0.6 is 26.6 Å². The van der Waals surface area contributed by atoms with E-state index in [0.717, 1.165) is 0 Å². The highest BCUT2D eigenvalue weighted by molar-refractivity contribution is 9.10. The lowest BCUT2D eigenvalue weighted by Crippen LogP contribution is -2.26. The summed E-state index contributed by atoms with van der Waals surface area (Å²) in [5.41, 5.74) is 0.152. The van der Waals surface area contributed by atoms with Crippen molar-refractivity contribution in [2.45, 2.75) is 23.8 Å². The maximum absolute atomic E-state index is 12.0. The summed E-state index contributed by atoms with van der Waals surface area (Å²) in [6.07, 6.45) is 1.09. The Bertz CT molecular complexity index is 610. The van der Waals surface area contributed by atoms with E-state index in [4.69, 9.17) is 20.2 Å². The van der Waals surface area contributed by atoms with Gasteiger partial charge in [-0.3, -0.25) is 0 Å². The minimum Gasteiger partial charge on any atom is -0.459 e. The van der Waals surface area contributed by atoms with Crippen LogP contribution in [-0.4, -0.2) is 33.7 Å². The molecule has 2 rings (SSSR count). The molecule has 0 aromatic heterocycles. The lowest BCUT2D eigenvalue weighted by atomic mass is 10.1. The molecule has 0 N–H and O–H groups in total. The van der Waals surface area contributed by atoms with Crippen LogP contribution in [0.4, 0.5) is 0 Å². The lowest BCUT2D eigenvalue weighted by molar-refractivity contribution is -0.0159. The van der Waals surface area contributed by atoms with Crippen LogP contribution in [0.3, 0.4) is 0 Å². The second-order valence-electron chi connectivity index (χ2n) is 4.30. The number of hydrogen-bond donors (Lipinski definition) is 0. The van der Waals surface area contributed by atoms with E-state index >= 15 is 0 Å². The molecule has 5 nitrogen and oxygen atoms in total. The zero-order valence-corrected chi connectivity index (χ0v) is 13.5. The van der Waals surface area contributed by atoms with E-state index in [2.05, 4.69) is 15.9 Å². The van der Waals surface area contributed by atoms with Crippen LogP contribution < -0.4 is 0 Å². The van der Waals surface area contributed by atoms with Gasteiger partial charge >= 0.3 is 5.97 Å². The highest BCUT2D eigenvalue weighted by atomic mass is 79.9. The molecule has 1 fully saturated rings. The van der Waals surface area contributed by atoms with Gasteiger partial charge in [-0.25, -0.2) is 13.2 Å². The van der Waals surface area contributed by atoms with Gasteiger partial charge in [0.15, 0.2) is 0 Å². The third-order valence-electron chi connectivity index (χ3n) is 2.87. The quantitative estimate of drug-likeness (QED) is 0.593. The summed E-state index contributed by atoms with van der Waals surface area (Å²) in [5, 5.41) is 0. The molecule has 1 aliphatic rings. The maximum Gasteiger partial charge on any atom is 0.338 e. The average Bonchev–Trinajstić information content (AvgIpc) is 2.39. The Morgan fingerprint density at radius 2 is 2.00 bits per heavy atom. The maximum atomic E-state index is 12.0. The first-order valence-electron chi connectivity index (χ1n) is 5.91. The van der Waals surface area contributed by atoms with Gasteiger partial charge in [-0.05, 0) is 34.1 Å². The SMILES string of the molecule is O=C(OC1CCOCC1)c1ccc(Br)c(S(=O)(=O)Cl)c1. The molecule has 0 saturated carbocycles. The fraction of sp³-hybridized carbons (Fsp3) is 0.417. The molecular formula is C12H12BrClO5S. The number of halogens is 2. The minimum absolute atomic E-state index is 0.152. The number of carbonyl (C=O) groups excluding carboxylic acids is 1. The number of carbonyl (C=O) groups is 1. The second-order valence-corrected chi connectivity index (χ2v) is 7.69. The van der Waals surface area contributed by atoms with Gasteiger partial charge in [0.1, 0.15) is 6.10 Å². The Morgan fingerprint density at radius 3 is 2.60 bits per heavy atom. The standard InChI is InChI=1S/C12H12BrClO5S/c13-10-2-1-8(7-11(10)20(14,16)17)12(15)19-9-3-5-18-6-4-9/h1-2,7,9H,3-6H2. The molecule has 0 spiro atoms. The summed E-state index contributed by atoms with van der Waals surface area (Å²) >= 11 is 3.08. The van der Waals surface area contributed by atoms with Crippen molar-refractivity contribution in [1.29, 1.82) is 0 Å². The van der Waals surface area contributed by atoms with Gasteiger partial charge in [-0.2, -0.15) is 0 Å². The molecule has 1 heterocycles. The molecule has 0 radical (unpaired) electrons. The Hall–Kier alpha value is -0.630. The third kappa shape index (κ3) is 3.94. The van der Waals surface area contributed by atoms with Gasteiger partial charge in [0, 0.05) is 28.0 Å². The van der Waals surface area contributed by atoms with Crippen molar-refractivity contribution < 1.29 is 22.7 Å². The predicted molar refractivity (Wildman–Crippen MR) is 76.4 cm³/mol. The van der Waals surface area contributed by atoms with Crippen molar-refractivity contribution in [3.63, 3.8) is 0 Å². The molecule has 1 aliphatic heterocycles. The van der Waals surface area contributed by atoms with Crippen LogP contribution in [-0.2, 0) is 18.5 Å². The highest BCUT2D eigenvalue weighted by Gasteiger charge is 2.22. The van der Waals surface area contributed by atoms with Crippen LogP contribution in [0.1, 0.15) is 23.2 Å². The van der Waals surface area contributed by atoms with Crippen LogP contribution in [0, 0.1) is 0 Å². The number of hydrogen-bond acceptors (Lipinski definition) is 5. The van der Waals surface area contributed by atoms with E-state index in [9.17, 15) is 13.2 Å². The first-order chi connectivity index (χ1) is 9.38. The van der Waals surface area contributed by atoms with Crippen molar-refractivity contribution in [1.82, 2.24) is 0 Å². The molecule has 0 unspecified atom stereocenters. The Kier molecular flexibility index (Phi) is 5.06. The molecule has 8 heteroatoms. The highest BCUT2D eigenvalue weighted by Crippen LogP contribution is 2.27. The fourth-order valence-electron chi connectivity index (χ4n) is 1.83. The van der Waals surface area contributed by atoms with Crippen molar-refractivity contribution in [3.05, 3.63) is 28.2 Å². The average molecular weight is 384 g/mol. The van der Waals surface area contributed by atoms with Crippen molar-refractivity contribution in [3.8, 4) is 0 Å². The summed E-state index contributed by atoms with van der Waals surface area (Å²) in [7, 11) is 1.38. The van der Waals surface area contributed by atoms with Gasteiger partial charge in [-0.15, -0.1) is 0 Å². The number of ether oxygens (including phenoxy) is 2. The fourth-order valence-corrected chi connectivity index (χ4v) is 3.95. The topological polar surface area (TPSA) is 69.7 Å². The molecule has 0 atom stereocenters. The zero-order chi connectivity index (χ0) is 14.8. The first-order valence-corrected chi connectivity index (χ1v) is 9.01. The summed E-state index contributed by atoms with van der Waals surface area (Å²) < 4.78 is 33.6. The second kappa shape index (κ2) is 6.43. The van der Waals surface area contributed by atoms with Gasteiger partial charge in [0.05, 0.1) is 23.7 Å². The Labute approximate surface area is 129 Å². The van der Waals surface area contributed by atoms with Crippen LogP contribution in [0.5, 0.6) is 0 Å². The van der Waals surface area contributed by atoms with E-state index in [1.165, 1.54) is 18.2 Å². The van der Waals surface area contributed by atoms with E-state index in [-0.39, 0.29) is 16.6 Å². The van der Waals surface area contributed by atoms with Gasteiger partial charge in [0.2, 0.25) is 0 Å². The van der Waals surface area contributed by atoms with Gasteiger partial charge in [0.25, 0.3) is 9.05 Å². The monoisotopic (exact) mass is 382 g/mol. The van der Waals surface area contributed by atoms with E-state index in [1.54, 1.807) is 0 Å². The smallest absolute Gasteiger partial charge is 0.338 e. The number of rotatable bonds is 3. The number of esters is 1. The molecule has 110 valence electrons. The molecular weight excluding hydrogens is 372 g/mol. The first kappa shape index (κ1) is 15.8. The predicted octanol–water partition coefficient (Wildman–Crippen LogP) is 2.71. The molecule has 20 heavy (non-hydrogen) atoms. The normalized spacial score (nSPS) is 16.9. The summed E-state index contributed by atoms with van der Waals surface area (Å²) in [4.78, 5) is 11.8. The lowest BCUT2D eigenvalue weighted by Gasteiger charge is -2.22. The zero-order valence-electron chi connectivity index (χ0n) is 10.3. The van der Waals surface area contributed by atoms with Crippen molar-refractivity contribution in [2.24, 2.45) is 0 Å². The molecule has 1 saturated heterocycles. The van der Waals surface area contributed by atoms with Gasteiger partial charge in [-0.1, -0.05) is 0 Å². The molecule has 1 aromatic carbocycles. The minimum atomic E-state index is -3.93. The van der Waals surface area contributed by atoms with Crippen molar-refractivity contribution in [2.75, 3.05) is 13.2 Å². The Morgan fingerprint density at radius 1 is 1.35 bits per heavy atom. The molecule has 0 aliphatic carbocycles. The van der Waals surface area contributed by atoms with Gasteiger partial charge < -0.3 is 9.47 Å². The van der Waals surface area contributed by atoms with Crippen LogP contribution in [0.2, 0.25) is 0 Å². The van der Waals surface area contributed by atoms with Crippen LogP contribution in [0.25, 0.3) is 0 Å². The molecule has 0 bridgehead atoms. The molecule has 0 amide bonds. The Balaban J connectivity index is 2.18. The largest absolute Gasteiger partial charge is 0.459 e. The van der Waals surface area contributed by atoms with E-state index in [1.807, 2.05) is 0 Å². The number of benzene rings is 1.